The Morgan fingerprint density at radius 3 is 2.71 bits per heavy atom. The van der Waals surface area contributed by atoms with Crippen LogP contribution < -0.4 is 9.84 Å². The lowest BCUT2D eigenvalue weighted by Gasteiger charge is -2.28. The average Bonchev–Trinajstić information content (AvgIpc) is 2.94. The molecule has 148 valence electrons. The zero-order valence-corrected chi connectivity index (χ0v) is 15.6. The van der Waals surface area contributed by atoms with Gasteiger partial charge >= 0.3 is 0 Å². The largest absolute Gasteiger partial charge is 0.546 e. The van der Waals surface area contributed by atoms with Crippen molar-refractivity contribution >= 4 is 40.9 Å². The second-order valence-corrected chi connectivity index (χ2v) is 6.99. The lowest BCUT2D eigenvalue weighted by atomic mass is 10.2. The van der Waals surface area contributed by atoms with E-state index in [1.807, 2.05) is 0 Å². The van der Waals surface area contributed by atoms with E-state index in [1.165, 1.54) is 12.1 Å². The summed E-state index contributed by atoms with van der Waals surface area (Å²) in [5, 5.41) is 9.97. The summed E-state index contributed by atoms with van der Waals surface area (Å²) in [6, 6.07) is 6.41. The number of carbonyl (C=O) groups is 4. The molecule has 10 heteroatoms. The van der Waals surface area contributed by atoms with Crippen LogP contribution >= 0.6 is 11.8 Å². The molecule has 0 atom stereocenters. The van der Waals surface area contributed by atoms with Crippen molar-refractivity contribution in [1.29, 1.82) is 0 Å². The highest BCUT2D eigenvalue weighted by Gasteiger charge is 2.37. The number of ether oxygens (including phenoxy) is 2. The number of amides is 3. The summed E-state index contributed by atoms with van der Waals surface area (Å²) in [7, 11) is 0. The topological polar surface area (TPSA) is 116 Å². The van der Waals surface area contributed by atoms with Gasteiger partial charge in [-0.1, -0.05) is 12.1 Å². The van der Waals surface area contributed by atoms with Crippen LogP contribution in [0.4, 0.5) is 4.79 Å². The number of nitrogens with zero attached hydrogens (tertiary/aromatic N) is 2. The molecule has 0 bridgehead atoms. The molecule has 9 nitrogen and oxygen atoms in total. The number of carboxylic acids is 1. The smallest absolute Gasteiger partial charge is 0.294 e. The third-order valence-electron chi connectivity index (χ3n) is 4.04. The van der Waals surface area contributed by atoms with Crippen LogP contribution in [0.2, 0.25) is 0 Å². The molecule has 3 amide bonds. The molecule has 0 radical (unpaired) electrons. The molecule has 2 aliphatic rings. The van der Waals surface area contributed by atoms with Crippen LogP contribution in [0.25, 0.3) is 6.08 Å². The van der Waals surface area contributed by atoms with Crippen molar-refractivity contribution < 1.29 is 33.8 Å². The highest BCUT2D eigenvalue weighted by Crippen LogP contribution is 2.32. The fraction of sp³-hybridized carbons (Fsp3) is 0.333. The quantitative estimate of drug-likeness (QED) is 0.593. The Labute approximate surface area is 164 Å². The maximum atomic E-state index is 12.5. The van der Waals surface area contributed by atoms with E-state index in [0.29, 0.717) is 37.6 Å². The van der Waals surface area contributed by atoms with Gasteiger partial charge in [0.05, 0.1) is 24.1 Å². The number of benzene rings is 1. The van der Waals surface area contributed by atoms with Crippen molar-refractivity contribution in [3.63, 3.8) is 0 Å². The Morgan fingerprint density at radius 1 is 1.25 bits per heavy atom. The molecule has 0 unspecified atom stereocenters. The number of morpholine rings is 1. The predicted molar refractivity (Wildman–Crippen MR) is 97.0 cm³/mol. The summed E-state index contributed by atoms with van der Waals surface area (Å²) in [5.41, 5.74) is 0.556. The van der Waals surface area contributed by atoms with Crippen LogP contribution in [0.5, 0.6) is 5.75 Å². The summed E-state index contributed by atoms with van der Waals surface area (Å²) in [6.07, 6.45) is 1.50. The van der Waals surface area contributed by atoms with E-state index in [2.05, 4.69) is 0 Å². The van der Waals surface area contributed by atoms with Gasteiger partial charge in [-0.15, -0.1) is 0 Å². The van der Waals surface area contributed by atoms with Crippen molar-refractivity contribution in [1.82, 2.24) is 9.80 Å². The number of carboxylic acid groups (broad SMARTS) is 1. The Kier molecular flexibility index (Phi) is 6.32. The standard InChI is InChI=1S/C18H18N2O7S/c21-15(19-4-6-26-7-5-19)10-20-17(24)14(28-18(20)25)9-12-2-1-3-13(8-12)27-11-16(22)23/h1-3,8-9H,4-7,10-11H2,(H,22,23)/p-1/b14-9+. The first-order chi connectivity index (χ1) is 13.4. The van der Waals surface area contributed by atoms with E-state index in [9.17, 15) is 24.3 Å². The molecule has 2 heterocycles. The monoisotopic (exact) mass is 405 g/mol. The minimum Gasteiger partial charge on any atom is -0.546 e. The van der Waals surface area contributed by atoms with Crippen molar-refractivity contribution in [2.75, 3.05) is 39.5 Å². The Hall–Kier alpha value is -2.85. The molecule has 1 aromatic rings. The molecule has 2 saturated heterocycles. The van der Waals surface area contributed by atoms with Crippen molar-refractivity contribution in [2.24, 2.45) is 0 Å². The highest BCUT2D eigenvalue weighted by atomic mass is 32.2. The van der Waals surface area contributed by atoms with E-state index in [-0.39, 0.29) is 17.4 Å². The fourth-order valence-corrected chi connectivity index (χ4v) is 3.51. The van der Waals surface area contributed by atoms with Gasteiger partial charge < -0.3 is 24.3 Å². The number of hydrogen-bond acceptors (Lipinski definition) is 8. The summed E-state index contributed by atoms with van der Waals surface area (Å²) < 4.78 is 10.2. The molecular formula is C18H17N2O7S-. The van der Waals surface area contributed by atoms with E-state index in [4.69, 9.17) is 9.47 Å². The third-order valence-corrected chi connectivity index (χ3v) is 4.95. The highest BCUT2D eigenvalue weighted by molar-refractivity contribution is 8.18. The molecule has 0 spiro atoms. The summed E-state index contributed by atoms with van der Waals surface area (Å²) in [6.45, 7) is 0.835. The first-order valence-corrected chi connectivity index (χ1v) is 9.29. The molecule has 28 heavy (non-hydrogen) atoms. The van der Waals surface area contributed by atoms with E-state index in [0.717, 1.165) is 16.7 Å². The molecule has 0 N–H and O–H groups in total. The lowest BCUT2D eigenvalue weighted by Crippen LogP contribution is -2.46. The molecule has 2 aliphatic heterocycles. The van der Waals surface area contributed by atoms with Crippen molar-refractivity contribution in [3.8, 4) is 5.75 Å². The first-order valence-electron chi connectivity index (χ1n) is 8.47. The van der Waals surface area contributed by atoms with Gasteiger partial charge in [0.25, 0.3) is 11.1 Å². The second kappa shape index (κ2) is 8.89. The Bertz CT molecular complexity index is 833. The van der Waals surface area contributed by atoms with Gasteiger partial charge in [0, 0.05) is 13.1 Å². The number of rotatable bonds is 6. The van der Waals surface area contributed by atoms with Gasteiger partial charge in [-0.2, -0.15) is 0 Å². The maximum Gasteiger partial charge on any atom is 0.294 e. The zero-order valence-electron chi connectivity index (χ0n) is 14.8. The molecule has 3 rings (SSSR count). The summed E-state index contributed by atoms with van der Waals surface area (Å²) >= 11 is 0.748. The van der Waals surface area contributed by atoms with Gasteiger partial charge in [-0.05, 0) is 35.5 Å². The van der Waals surface area contributed by atoms with E-state index in [1.54, 1.807) is 23.1 Å². The van der Waals surface area contributed by atoms with Crippen LogP contribution in [-0.4, -0.2) is 72.3 Å². The van der Waals surface area contributed by atoms with Gasteiger partial charge in [-0.3, -0.25) is 19.3 Å². The minimum atomic E-state index is -1.35. The molecular weight excluding hydrogens is 388 g/mol. The van der Waals surface area contributed by atoms with Crippen LogP contribution in [0.3, 0.4) is 0 Å². The van der Waals surface area contributed by atoms with E-state index >= 15 is 0 Å². The van der Waals surface area contributed by atoms with Crippen LogP contribution in [-0.2, 0) is 19.1 Å². The Balaban J connectivity index is 1.68. The first kappa shape index (κ1) is 19.9. The van der Waals surface area contributed by atoms with Gasteiger partial charge in [0.1, 0.15) is 18.9 Å². The second-order valence-electron chi connectivity index (χ2n) is 5.99. The van der Waals surface area contributed by atoms with E-state index < -0.39 is 23.7 Å². The SMILES string of the molecule is O=C([O-])COc1cccc(/C=C2/SC(=O)N(CC(=O)N3CCOCC3)C2=O)c1. The number of carbonyl (C=O) groups excluding carboxylic acids is 4. The fourth-order valence-electron chi connectivity index (χ4n) is 2.67. The molecule has 1 aromatic carbocycles. The zero-order chi connectivity index (χ0) is 20.1. The summed E-state index contributed by atoms with van der Waals surface area (Å²) in [4.78, 5) is 50.2. The van der Waals surface area contributed by atoms with Crippen LogP contribution in [0, 0.1) is 0 Å². The number of hydrogen-bond donors (Lipinski definition) is 0. The van der Waals surface area contributed by atoms with Crippen LogP contribution in [0.15, 0.2) is 29.2 Å². The molecule has 0 saturated carbocycles. The minimum absolute atomic E-state index is 0.178. The number of thioether (sulfide) groups is 1. The third kappa shape index (κ3) is 4.90. The molecule has 2 fully saturated rings. The maximum absolute atomic E-state index is 12.5. The summed E-state index contributed by atoms with van der Waals surface area (Å²) in [5.74, 6) is -1.90. The molecule has 0 aliphatic carbocycles. The lowest BCUT2D eigenvalue weighted by molar-refractivity contribution is -0.307. The van der Waals surface area contributed by atoms with Crippen molar-refractivity contribution in [2.45, 2.75) is 0 Å². The van der Waals surface area contributed by atoms with Gasteiger partial charge in [0.15, 0.2) is 0 Å². The number of imide groups is 1. The van der Waals surface area contributed by atoms with Gasteiger partial charge in [-0.25, -0.2) is 0 Å². The van der Waals surface area contributed by atoms with Gasteiger partial charge in [0.2, 0.25) is 5.91 Å². The normalized spacial score (nSPS) is 18.6. The van der Waals surface area contributed by atoms with Crippen molar-refractivity contribution in [3.05, 3.63) is 34.7 Å². The van der Waals surface area contributed by atoms with Crippen LogP contribution in [0.1, 0.15) is 5.56 Å². The average molecular weight is 405 g/mol. The Morgan fingerprint density at radius 2 is 2.00 bits per heavy atom. The predicted octanol–water partition coefficient (Wildman–Crippen LogP) is -0.290. The molecule has 0 aromatic heterocycles. The number of aliphatic carboxylic acids is 1.